The molecule has 0 unspecified atom stereocenters. The molecule has 0 fully saturated rings. The second-order valence-electron chi connectivity index (χ2n) is 5.64. The summed E-state index contributed by atoms with van der Waals surface area (Å²) in [6, 6.07) is 0. The average Bonchev–Trinajstić information content (AvgIpc) is 2.05. The summed E-state index contributed by atoms with van der Waals surface area (Å²) in [5.74, 6) is 1.35. The van der Waals surface area contributed by atoms with Crippen molar-refractivity contribution in [1.29, 1.82) is 0 Å². The highest BCUT2D eigenvalue weighted by atomic mass is 19.5. The Morgan fingerprint density at radius 3 is 1.09 bits per heavy atom. The van der Waals surface area contributed by atoms with Crippen LogP contribution < -0.4 is 0 Å². The van der Waals surface area contributed by atoms with E-state index in [1.165, 1.54) is 5.84 Å². The Kier molecular flexibility index (Phi) is 11.7. The van der Waals surface area contributed by atoms with E-state index < -0.39 is 14.5 Å². The third-order valence-electron chi connectivity index (χ3n) is 1.65. The Morgan fingerprint density at radius 1 is 0.818 bits per heavy atom. The fourth-order valence-corrected chi connectivity index (χ4v) is 1.11. The summed E-state index contributed by atoms with van der Waals surface area (Å²) in [5, 5.41) is 0. The number of hydrogen-bond acceptors (Lipinski definition) is 0. The molecular formula is C9H23B2F8N3. The summed E-state index contributed by atoms with van der Waals surface area (Å²) in [6.07, 6.45) is 0. The van der Waals surface area contributed by atoms with Gasteiger partial charge >= 0.3 is 20.3 Å². The smallest absolute Gasteiger partial charge is 0.418 e. The van der Waals surface area contributed by atoms with Gasteiger partial charge in [-0.1, -0.05) is 0 Å². The molecule has 0 aromatic rings. The van der Waals surface area contributed by atoms with Crippen molar-refractivity contribution < 1.29 is 43.6 Å². The van der Waals surface area contributed by atoms with Gasteiger partial charge in [0.1, 0.15) is 0 Å². The van der Waals surface area contributed by atoms with E-state index in [4.69, 9.17) is 0 Å². The van der Waals surface area contributed by atoms with Crippen LogP contribution in [0.4, 0.5) is 34.5 Å². The summed E-state index contributed by atoms with van der Waals surface area (Å²) >= 11 is 0. The molecule has 0 heterocycles. The van der Waals surface area contributed by atoms with Crippen LogP contribution in [0.2, 0.25) is 0 Å². The largest absolute Gasteiger partial charge is 0.673 e. The zero-order valence-corrected chi connectivity index (χ0v) is 13.7. The average molecular weight is 347 g/mol. The van der Waals surface area contributed by atoms with Crippen LogP contribution in [0.15, 0.2) is 0 Å². The first-order valence-corrected chi connectivity index (χ1v) is 5.99. The molecule has 0 amide bonds. The molecule has 13 heteroatoms. The van der Waals surface area contributed by atoms with Crippen molar-refractivity contribution in [2.75, 3.05) is 55.9 Å². The molecule has 22 heavy (non-hydrogen) atoms. The highest BCUT2D eigenvalue weighted by Crippen LogP contribution is 2.07. The topological polar surface area (TPSA) is 6.25 Å². The molecule has 0 N–H and O–H groups in total. The Bertz CT molecular complexity index is 305. The third kappa shape index (κ3) is 42.8. The lowest BCUT2D eigenvalue weighted by molar-refractivity contribution is -0.863. The van der Waals surface area contributed by atoms with E-state index in [9.17, 15) is 34.5 Å². The number of likely N-dealkylation sites (N-methyl/N-ethyl adjacent to an activating group) is 2. The van der Waals surface area contributed by atoms with Crippen molar-refractivity contribution in [2.24, 2.45) is 0 Å². The molecule has 0 aliphatic carbocycles. The van der Waals surface area contributed by atoms with E-state index in [-0.39, 0.29) is 0 Å². The van der Waals surface area contributed by atoms with Crippen molar-refractivity contribution >= 4 is 20.3 Å². The van der Waals surface area contributed by atoms with Crippen LogP contribution in [0.25, 0.3) is 0 Å². The first-order chi connectivity index (χ1) is 9.24. The second kappa shape index (κ2) is 9.90. The molecule has 0 spiro atoms. The van der Waals surface area contributed by atoms with E-state index in [1.807, 2.05) is 0 Å². The minimum Gasteiger partial charge on any atom is -0.418 e. The molecule has 0 radical (unpaired) electrons. The molecule has 3 nitrogen and oxygen atoms in total. The van der Waals surface area contributed by atoms with E-state index >= 15 is 0 Å². The molecule has 0 aromatic heterocycles. The van der Waals surface area contributed by atoms with Gasteiger partial charge < -0.3 is 39.0 Å². The van der Waals surface area contributed by atoms with Crippen LogP contribution in [-0.2, 0) is 0 Å². The minimum atomic E-state index is -6.00. The van der Waals surface area contributed by atoms with Gasteiger partial charge in [-0.2, -0.15) is 0 Å². The van der Waals surface area contributed by atoms with Gasteiger partial charge in [0.2, 0.25) is 0 Å². The molecule has 0 saturated carbocycles. The number of amidine groups is 1. The first kappa shape index (κ1) is 25.9. The lowest BCUT2D eigenvalue weighted by Crippen LogP contribution is -2.46. The van der Waals surface area contributed by atoms with Crippen molar-refractivity contribution in [3.05, 3.63) is 0 Å². The van der Waals surface area contributed by atoms with Gasteiger partial charge in [-0.25, -0.2) is 0 Å². The number of halogens is 8. The maximum absolute atomic E-state index is 9.75. The molecule has 0 atom stereocenters. The first-order valence-electron chi connectivity index (χ1n) is 5.99. The second-order valence-corrected chi connectivity index (χ2v) is 5.64. The van der Waals surface area contributed by atoms with Crippen molar-refractivity contribution in [3.8, 4) is 0 Å². The van der Waals surface area contributed by atoms with E-state index in [0.29, 0.717) is 0 Å². The Balaban J connectivity index is -0.000000298. The summed E-state index contributed by atoms with van der Waals surface area (Å²) in [4.78, 5) is 2.17. The highest BCUT2D eigenvalue weighted by molar-refractivity contribution is 6.50. The van der Waals surface area contributed by atoms with E-state index in [0.717, 1.165) is 11.0 Å². The van der Waals surface area contributed by atoms with Gasteiger partial charge in [0.15, 0.2) is 6.54 Å². The number of quaternary nitrogens is 1. The quantitative estimate of drug-likeness (QED) is 0.186. The fourth-order valence-electron chi connectivity index (χ4n) is 1.11. The van der Waals surface area contributed by atoms with Crippen molar-refractivity contribution in [2.45, 2.75) is 0 Å². The molecule has 0 bridgehead atoms. The standard InChI is InChI=1S/C9H23N3.2BF4/c1-10(2)9(11(3)4)8-12(5,6)7;2*2-1(3,4)5/h8H2,1-7H3;;/q+2;2*-1. The molecule has 0 saturated heterocycles. The highest BCUT2D eigenvalue weighted by Gasteiger charge is 2.21. The van der Waals surface area contributed by atoms with Gasteiger partial charge in [-0.05, 0) is 0 Å². The third-order valence-corrected chi connectivity index (χ3v) is 1.65. The Labute approximate surface area is 126 Å². The fraction of sp³-hybridized carbons (Fsp3) is 0.889. The van der Waals surface area contributed by atoms with Gasteiger partial charge in [0.25, 0.3) is 0 Å². The summed E-state index contributed by atoms with van der Waals surface area (Å²) in [6.45, 7) is 1.06. The number of nitrogens with zero attached hydrogens (tertiary/aromatic N) is 3. The molecule has 0 aliphatic rings. The van der Waals surface area contributed by atoms with Gasteiger partial charge in [0, 0.05) is 0 Å². The van der Waals surface area contributed by atoms with Crippen LogP contribution in [0.3, 0.4) is 0 Å². The van der Waals surface area contributed by atoms with Crippen LogP contribution in [-0.4, -0.2) is 90.2 Å². The van der Waals surface area contributed by atoms with Crippen molar-refractivity contribution in [3.63, 3.8) is 0 Å². The van der Waals surface area contributed by atoms with Gasteiger partial charge in [-0.3, -0.25) is 9.48 Å². The zero-order valence-electron chi connectivity index (χ0n) is 13.7. The molecule has 0 aliphatic heterocycles. The van der Waals surface area contributed by atoms with Gasteiger partial charge in [0.05, 0.1) is 49.3 Å². The lowest BCUT2D eigenvalue weighted by atomic mass is 10.3. The Hall–Kier alpha value is -1.00. The zero-order chi connectivity index (χ0) is 18.9. The van der Waals surface area contributed by atoms with E-state index in [1.54, 1.807) is 0 Å². The summed E-state index contributed by atoms with van der Waals surface area (Å²) in [7, 11) is 2.96. The number of hydrogen-bond donors (Lipinski definition) is 0. The maximum atomic E-state index is 9.75. The Morgan fingerprint density at radius 2 is 1.05 bits per heavy atom. The van der Waals surface area contributed by atoms with E-state index in [2.05, 4.69) is 58.8 Å². The van der Waals surface area contributed by atoms with Crippen LogP contribution >= 0.6 is 0 Å². The summed E-state index contributed by atoms with van der Waals surface area (Å²) < 4.78 is 81.1. The molecule has 0 rings (SSSR count). The monoisotopic (exact) mass is 347 g/mol. The minimum absolute atomic E-state index is 0.964. The molecular weight excluding hydrogens is 324 g/mol. The predicted octanol–water partition coefficient (Wildman–Crippen LogP) is 2.52. The van der Waals surface area contributed by atoms with Gasteiger partial charge in [-0.15, -0.1) is 0 Å². The lowest BCUT2D eigenvalue weighted by Gasteiger charge is -2.24. The van der Waals surface area contributed by atoms with Crippen LogP contribution in [0, 0.1) is 0 Å². The number of rotatable bonds is 2. The molecule has 136 valence electrons. The van der Waals surface area contributed by atoms with Crippen LogP contribution in [0.5, 0.6) is 0 Å². The predicted molar refractivity (Wildman–Crippen MR) is 74.1 cm³/mol. The van der Waals surface area contributed by atoms with Crippen molar-refractivity contribution in [1.82, 2.24) is 4.90 Å². The summed E-state index contributed by atoms with van der Waals surface area (Å²) in [5.41, 5.74) is 0. The SMILES string of the molecule is CN(C)C(C[N+](C)(C)C)=[N+](C)C.F[B-](F)(F)F.F[B-](F)(F)F. The maximum Gasteiger partial charge on any atom is 0.673 e. The normalized spacial score (nSPS) is 11.6. The van der Waals surface area contributed by atoms with Crippen LogP contribution in [0.1, 0.15) is 0 Å². The molecule has 0 aromatic carbocycles.